The summed E-state index contributed by atoms with van der Waals surface area (Å²) < 4.78 is 0. The van der Waals surface area contributed by atoms with Crippen LogP contribution in [0.2, 0.25) is 0 Å². The summed E-state index contributed by atoms with van der Waals surface area (Å²) in [5, 5.41) is 12.4. The van der Waals surface area contributed by atoms with Crippen molar-refractivity contribution < 1.29 is 14.5 Å². The van der Waals surface area contributed by atoms with E-state index in [0.717, 1.165) is 0 Å². The van der Waals surface area contributed by atoms with Crippen LogP contribution < -0.4 is 4.90 Å². The topological polar surface area (TPSA) is 80.5 Å². The lowest BCUT2D eigenvalue weighted by molar-refractivity contribution is -0.384. The Morgan fingerprint density at radius 3 is 2.57 bits per heavy atom. The van der Waals surface area contributed by atoms with Gasteiger partial charge >= 0.3 is 0 Å². The first kappa shape index (κ1) is 14.9. The summed E-state index contributed by atoms with van der Waals surface area (Å²) in [6.07, 6.45) is 0. The smallest absolute Gasteiger partial charge is 0.271 e. The number of carbonyl (C=O) groups is 2. The summed E-state index contributed by atoms with van der Waals surface area (Å²) in [6.45, 7) is 1.43. The molecule has 0 bridgehead atoms. The van der Waals surface area contributed by atoms with E-state index in [4.69, 9.17) is 0 Å². The van der Waals surface area contributed by atoms with Gasteiger partial charge in [0, 0.05) is 30.1 Å². The molecule has 0 saturated heterocycles. The Kier molecular flexibility index (Phi) is 4.13. The summed E-state index contributed by atoms with van der Waals surface area (Å²) in [7, 11) is 1.54. The molecule has 1 amide bonds. The second-order valence-electron chi connectivity index (χ2n) is 4.40. The minimum absolute atomic E-state index is 0.0808. The molecule has 7 heteroatoms. The van der Waals surface area contributed by atoms with Gasteiger partial charge in [-0.2, -0.15) is 0 Å². The average Bonchev–Trinajstić information content (AvgIpc) is 2.95. The van der Waals surface area contributed by atoms with Gasteiger partial charge in [0.15, 0.2) is 5.78 Å². The van der Waals surface area contributed by atoms with Crippen molar-refractivity contribution >= 4 is 34.4 Å². The van der Waals surface area contributed by atoms with Crippen LogP contribution in [0.4, 0.5) is 11.4 Å². The van der Waals surface area contributed by atoms with E-state index >= 15 is 0 Å². The minimum atomic E-state index is -0.513. The molecule has 0 saturated carbocycles. The van der Waals surface area contributed by atoms with Gasteiger partial charge in [-0.3, -0.25) is 19.7 Å². The van der Waals surface area contributed by atoms with Gasteiger partial charge in [-0.1, -0.05) is 6.07 Å². The van der Waals surface area contributed by atoms with E-state index in [1.807, 2.05) is 0 Å². The van der Waals surface area contributed by atoms with Gasteiger partial charge in [0.25, 0.3) is 11.6 Å². The number of amides is 1. The van der Waals surface area contributed by atoms with Crippen LogP contribution in [-0.2, 0) is 0 Å². The van der Waals surface area contributed by atoms with Crippen LogP contribution in [0.1, 0.15) is 27.0 Å². The average molecular weight is 304 g/mol. The molecule has 0 unspecified atom stereocenters. The summed E-state index contributed by atoms with van der Waals surface area (Å²) in [4.78, 5) is 35.5. The van der Waals surface area contributed by atoms with Crippen LogP contribution in [0.25, 0.3) is 0 Å². The van der Waals surface area contributed by atoms with Crippen molar-refractivity contribution in [3.05, 3.63) is 56.3 Å². The number of nitro benzene ring substituents is 1. The van der Waals surface area contributed by atoms with E-state index < -0.39 is 4.92 Å². The van der Waals surface area contributed by atoms with Gasteiger partial charge in [0.2, 0.25) is 0 Å². The first-order chi connectivity index (χ1) is 9.90. The molecule has 0 aliphatic rings. The number of nitro groups is 1. The van der Waals surface area contributed by atoms with Crippen LogP contribution >= 0.6 is 11.3 Å². The molecule has 0 atom stereocenters. The Bertz CT molecular complexity index is 723. The maximum atomic E-state index is 12.3. The largest absolute Gasteiger partial charge is 0.310 e. The Labute approximate surface area is 124 Å². The molecular formula is C14H12N2O4S. The van der Waals surface area contributed by atoms with Crippen molar-refractivity contribution in [3.8, 4) is 0 Å². The third-order valence-corrected chi connectivity index (χ3v) is 3.87. The van der Waals surface area contributed by atoms with E-state index in [1.165, 1.54) is 54.5 Å². The van der Waals surface area contributed by atoms with E-state index in [0.29, 0.717) is 16.1 Å². The number of hydrogen-bond acceptors (Lipinski definition) is 5. The highest BCUT2D eigenvalue weighted by Gasteiger charge is 2.18. The van der Waals surface area contributed by atoms with Gasteiger partial charge in [-0.15, -0.1) is 11.3 Å². The number of Topliss-reactive ketones (excluding diaryl/α,β-unsaturated/α-hetero) is 1. The molecule has 2 rings (SSSR count). The standard InChI is InChI=1S/C14H12N2O4S/c1-9(17)10-6-13(21-8-10)14(18)15(2)11-4-3-5-12(7-11)16(19)20/h3-8H,1-2H3. The maximum Gasteiger partial charge on any atom is 0.271 e. The van der Waals surface area contributed by atoms with Crippen LogP contribution in [0.3, 0.4) is 0 Å². The third kappa shape index (κ3) is 3.14. The van der Waals surface area contributed by atoms with Crippen LogP contribution in [0.15, 0.2) is 35.7 Å². The highest BCUT2D eigenvalue weighted by Crippen LogP contribution is 2.23. The molecule has 0 fully saturated rings. The lowest BCUT2D eigenvalue weighted by Crippen LogP contribution is -2.25. The Hall–Kier alpha value is -2.54. The Morgan fingerprint density at radius 1 is 1.29 bits per heavy atom. The number of anilines is 1. The molecule has 1 heterocycles. The lowest BCUT2D eigenvalue weighted by Gasteiger charge is -2.16. The first-order valence-electron chi connectivity index (χ1n) is 6.02. The van der Waals surface area contributed by atoms with Crippen LogP contribution in [0, 0.1) is 10.1 Å². The predicted molar refractivity (Wildman–Crippen MR) is 80.2 cm³/mol. The molecule has 0 aliphatic carbocycles. The van der Waals surface area contributed by atoms with E-state index in [1.54, 1.807) is 11.4 Å². The SMILES string of the molecule is CC(=O)c1csc(C(=O)N(C)c2cccc([N+](=O)[O-])c2)c1. The van der Waals surface area contributed by atoms with Crippen molar-refractivity contribution in [2.75, 3.05) is 11.9 Å². The van der Waals surface area contributed by atoms with E-state index in [2.05, 4.69) is 0 Å². The quantitative estimate of drug-likeness (QED) is 0.493. The fourth-order valence-electron chi connectivity index (χ4n) is 1.73. The molecule has 21 heavy (non-hydrogen) atoms. The molecular weight excluding hydrogens is 292 g/mol. The van der Waals surface area contributed by atoms with Crippen molar-refractivity contribution in [3.63, 3.8) is 0 Å². The summed E-state index contributed by atoms with van der Waals surface area (Å²) >= 11 is 1.17. The van der Waals surface area contributed by atoms with Crippen LogP contribution in [0.5, 0.6) is 0 Å². The Balaban J connectivity index is 2.28. The molecule has 0 N–H and O–H groups in total. The highest BCUT2D eigenvalue weighted by molar-refractivity contribution is 7.12. The number of non-ortho nitro benzene ring substituents is 1. The zero-order chi connectivity index (χ0) is 15.6. The van der Waals surface area contributed by atoms with Gasteiger partial charge in [0.05, 0.1) is 15.5 Å². The van der Waals surface area contributed by atoms with Gasteiger partial charge in [-0.25, -0.2) is 0 Å². The predicted octanol–water partition coefficient (Wildman–Crippen LogP) is 3.14. The normalized spacial score (nSPS) is 10.2. The van der Waals surface area contributed by atoms with E-state index in [9.17, 15) is 19.7 Å². The zero-order valence-electron chi connectivity index (χ0n) is 11.4. The molecule has 2 aromatic rings. The van der Waals surface area contributed by atoms with Crippen molar-refractivity contribution in [2.45, 2.75) is 6.92 Å². The number of rotatable bonds is 4. The van der Waals surface area contributed by atoms with Gasteiger partial charge < -0.3 is 4.90 Å². The summed E-state index contributed by atoms with van der Waals surface area (Å²) in [5.74, 6) is -0.420. The lowest BCUT2D eigenvalue weighted by atomic mass is 10.2. The summed E-state index contributed by atoms with van der Waals surface area (Å²) in [6, 6.07) is 7.36. The molecule has 0 spiro atoms. The number of thiophene rings is 1. The summed E-state index contributed by atoms with van der Waals surface area (Å²) in [5.41, 5.74) is 0.825. The molecule has 1 aromatic carbocycles. The fraction of sp³-hybridized carbons (Fsp3) is 0.143. The Morgan fingerprint density at radius 2 is 2.00 bits per heavy atom. The number of hydrogen-bond donors (Lipinski definition) is 0. The van der Waals surface area contributed by atoms with Crippen molar-refractivity contribution in [1.29, 1.82) is 0 Å². The fourth-order valence-corrected chi connectivity index (χ4v) is 2.65. The number of carbonyl (C=O) groups excluding carboxylic acids is 2. The molecule has 1 aromatic heterocycles. The zero-order valence-corrected chi connectivity index (χ0v) is 12.2. The maximum absolute atomic E-state index is 12.3. The van der Waals surface area contributed by atoms with Crippen molar-refractivity contribution in [2.24, 2.45) is 0 Å². The molecule has 108 valence electrons. The van der Waals surface area contributed by atoms with Gasteiger partial charge in [0.1, 0.15) is 0 Å². The molecule has 6 nitrogen and oxygen atoms in total. The van der Waals surface area contributed by atoms with Crippen molar-refractivity contribution in [1.82, 2.24) is 0 Å². The second kappa shape index (κ2) is 5.84. The number of ketones is 1. The molecule has 0 aliphatic heterocycles. The van der Waals surface area contributed by atoms with Crippen LogP contribution in [-0.4, -0.2) is 23.7 Å². The molecule has 0 radical (unpaired) electrons. The first-order valence-corrected chi connectivity index (χ1v) is 6.90. The number of nitrogens with zero attached hydrogens (tertiary/aromatic N) is 2. The second-order valence-corrected chi connectivity index (χ2v) is 5.31. The third-order valence-electron chi connectivity index (χ3n) is 2.95. The van der Waals surface area contributed by atoms with Gasteiger partial charge in [-0.05, 0) is 19.1 Å². The highest BCUT2D eigenvalue weighted by atomic mass is 32.1. The monoisotopic (exact) mass is 304 g/mol. The number of benzene rings is 1. The minimum Gasteiger partial charge on any atom is -0.310 e. The van der Waals surface area contributed by atoms with E-state index in [-0.39, 0.29) is 17.4 Å².